The van der Waals surface area contributed by atoms with Gasteiger partial charge in [-0.3, -0.25) is 4.98 Å². The summed E-state index contributed by atoms with van der Waals surface area (Å²) in [5, 5.41) is 4.30. The number of allylic oxidation sites excluding steroid dienone is 2. The highest BCUT2D eigenvalue weighted by molar-refractivity contribution is 5.99. The van der Waals surface area contributed by atoms with Gasteiger partial charge in [-0.15, -0.1) is 0 Å². The van der Waals surface area contributed by atoms with Crippen molar-refractivity contribution in [2.24, 2.45) is 0 Å². The number of nitrogens with zero attached hydrogens (tertiary/aromatic N) is 3. The van der Waals surface area contributed by atoms with Crippen LogP contribution < -0.4 is 10.4 Å². The predicted octanol–water partition coefficient (Wildman–Crippen LogP) is 11.5. The molecule has 3 heteroatoms. The first-order chi connectivity index (χ1) is 26.5. The van der Waals surface area contributed by atoms with E-state index in [1.807, 2.05) is 67.7 Å². The summed E-state index contributed by atoms with van der Waals surface area (Å²) in [5.41, 5.74) is 13.5. The molecular formula is C51H39N3. The highest BCUT2D eigenvalue weighted by Crippen LogP contribution is 2.36. The largest absolute Gasteiger partial charge is 0.261 e. The van der Waals surface area contributed by atoms with E-state index >= 15 is 0 Å². The van der Waals surface area contributed by atoms with Gasteiger partial charge in [0.1, 0.15) is 0 Å². The maximum absolute atomic E-state index is 5.23. The van der Waals surface area contributed by atoms with Gasteiger partial charge >= 0.3 is 0 Å². The Morgan fingerprint density at radius 1 is 0.593 bits per heavy atom. The zero-order chi connectivity index (χ0) is 37.0. The lowest BCUT2D eigenvalue weighted by Crippen LogP contribution is -2.24. The third-order valence-corrected chi connectivity index (χ3v) is 9.97. The Labute approximate surface area is 316 Å². The smallest absolute Gasteiger partial charge is 0.160 e. The molecule has 0 bridgehead atoms. The fraction of sp³-hybridized carbons (Fsp3) is 0.0392. The predicted molar refractivity (Wildman–Crippen MR) is 228 cm³/mol. The van der Waals surface area contributed by atoms with E-state index in [2.05, 4.69) is 140 Å². The number of hydrogen-bond donors (Lipinski definition) is 0. The lowest BCUT2D eigenvalue weighted by molar-refractivity contribution is 1.18. The van der Waals surface area contributed by atoms with Crippen LogP contribution in [0.2, 0.25) is 0 Å². The van der Waals surface area contributed by atoms with Crippen molar-refractivity contribution in [3.63, 3.8) is 0 Å². The first-order valence-electron chi connectivity index (χ1n) is 18.2. The zero-order valence-corrected chi connectivity index (χ0v) is 30.5. The van der Waals surface area contributed by atoms with Crippen molar-refractivity contribution in [3.05, 3.63) is 204 Å². The third-order valence-electron chi connectivity index (χ3n) is 9.97. The van der Waals surface area contributed by atoms with E-state index in [9.17, 15) is 0 Å². The van der Waals surface area contributed by atoms with E-state index in [1.54, 1.807) is 0 Å². The van der Waals surface area contributed by atoms with E-state index in [-0.39, 0.29) is 0 Å². The lowest BCUT2D eigenvalue weighted by Gasteiger charge is -2.16. The van der Waals surface area contributed by atoms with Crippen LogP contribution >= 0.6 is 0 Å². The molecule has 6 aromatic carbocycles. The summed E-state index contributed by atoms with van der Waals surface area (Å²) in [5.74, 6) is 0.662. The molecule has 0 amide bonds. The molecule has 8 aromatic rings. The van der Waals surface area contributed by atoms with E-state index in [1.165, 1.54) is 0 Å². The van der Waals surface area contributed by atoms with Crippen LogP contribution in [0.3, 0.4) is 0 Å². The Morgan fingerprint density at radius 2 is 1.26 bits per heavy atom. The van der Waals surface area contributed by atoms with Gasteiger partial charge in [-0.1, -0.05) is 153 Å². The second kappa shape index (κ2) is 14.9. The number of aromatic nitrogens is 3. The molecule has 0 aliphatic carbocycles. The molecule has 3 nitrogen and oxygen atoms in total. The molecule has 0 spiro atoms. The lowest BCUT2D eigenvalue weighted by atomic mass is 9.88. The van der Waals surface area contributed by atoms with Gasteiger partial charge in [0, 0.05) is 34.1 Å². The molecule has 0 saturated carbocycles. The van der Waals surface area contributed by atoms with Crippen LogP contribution in [0.4, 0.5) is 0 Å². The van der Waals surface area contributed by atoms with Gasteiger partial charge < -0.3 is 0 Å². The first kappa shape index (κ1) is 34.1. The minimum absolute atomic E-state index is 0.662. The Balaban J connectivity index is 1.36. The van der Waals surface area contributed by atoms with Gasteiger partial charge in [0.25, 0.3) is 0 Å². The summed E-state index contributed by atoms with van der Waals surface area (Å²) >= 11 is 0. The third kappa shape index (κ3) is 6.71. The summed E-state index contributed by atoms with van der Waals surface area (Å²) in [6, 6.07) is 53.1. The van der Waals surface area contributed by atoms with Crippen LogP contribution in [-0.4, -0.2) is 15.0 Å². The van der Waals surface area contributed by atoms with Crippen LogP contribution in [0.25, 0.3) is 85.2 Å². The number of aryl methyl sites for hydroxylation is 1. The molecule has 54 heavy (non-hydrogen) atoms. The summed E-state index contributed by atoms with van der Waals surface area (Å²) < 4.78 is 0. The normalized spacial score (nSPS) is 11.9. The maximum Gasteiger partial charge on any atom is 0.160 e. The summed E-state index contributed by atoms with van der Waals surface area (Å²) in [7, 11) is 0. The molecule has 0 N–H and O–H groups in total. The Hall–Kier alpha value is -6.97. The minimum Gasteiger partial charge on any atom is -0.261 e. The number of pyridine rings is 1. The molecule has 0 aliphatic heterocycles. The molecule has 258 valence electrons. The molecule has 0 aliphatic rings. The summed E-state index contributed by atoms with van der Waals surface area (Å²) in [6.07, 6.45) is 7.87. The molecular weight excluding hydrogens is 655 g/mol. The monoisotopic (exact) mass is 693 g/mol. The van der Waals surface area contributed by atoms with Crippen molar-refractivity contribution in [1.82, 2.24) is 15.0 Å². The number of rotatable bonds is 8. The Morgan fingerprint density at radius 3 is 1.91 bits per heavy atom. The molecule has 8 rings (SSSR count). The van der Waals surface area contributed by atoms with Crippen molar-refractivity contribution in [3.8, 4) is 56.2 Å². The quantitative estimate of drug-likeness (QED) is 0.159. The highest BCUT2D eigenvalue weighted by atomic mass is 14.9. The first-order valence-corrected chi connectivity index (χ1v) is 18.2. The average molecular weight is 694 g/mol. The van der Waals surface area contributed by atoms with Crippen LogP contribution in [0.15, 0.2) is 177 Å². The SMILES string of the molecule is C=C/C=c1/ccc2cccc(/C(=C\C)c3cc(-c4ccc(-c5cccnc5C)cc4)cc(-c4nc(-c5ccccc5)cc(-c5ccccc5)n4)c3)c2c1=C. The number of hydrogen-bond acceptors (Lipinski definition) is 3. The van der Waals surface area contributed by atoms with Gasteiger partial charge in [0.05, 0.1) is 11.4 Å². The van der Waals surface area contributed by atoms with E-state index in [4.69, 9.17) is 9.97 Å². The van der Waals surface area contributed by atoms with Gasteiger partial charge in [-0.05, 0) is 98.8 Å². The number of fused-ring (bicyclic) bond motifs is 1. The molecule has 0 atom stereocenters. The maximum atomic E-state index is 5.23. The van der Waals surface area contributed by atoms with Gasteiger partial charge in [0.2, 0.25) is 0 Å². The molecule has 2 heterocycles. The average Bonchev–Trinajstić information content (AvgIpc) is 3.23. The fourth-order valence-electron chi connectivity index (χ4n) is 7.26. The molecule has 0 fully saturated rings. The van der Waals surface area contributed by atoms with Crippen LogP contribution in [0.5, 0.6) is 0 Å². The topological polar surface area (TPSA) is 38.7 Å². The zero-order valence-electron chi connectivity index (χ0n) is 30.5. The Bertz CT molecular complexity index is 2740. The van der Waals surface area contributed by atoms with Crippen molar-refractivity contribution < 1.29 is 0 Å². The second-order valence-electron chi connectivity index (χ2n) is 13.3. The van der Waals surface area contributed by atoms with Crippen molar-refractivity contribution in [2.45, 2.75) is 13.8 Å². The number of benzene rings is 6. The van der Waals surface area contributed by atoms with E-state index in [0.29, 0.717) is 5.82 Å². The van der Waals surface area contributed by atoms with Crippen molar-refractivity contribution >= 4 is 29.0 Å². The second-order valence-corrected chi connectivity index (χ2v) is 13.3. The molecule has 0 unspecified atom stereocenters. The van der Waals surface area contributed by atoms with Gasteiger partial charge in [-0.2, -0.15) is 0 Å². The van der Waals surface area contributed by atoms with Gasteiger partial charge in [0.15, 0.2) is 5.82 Å². The van der Waals surface area contributed by atoms with E-state index < -0.39 is 0 Å². The standard InChI is InChI=1S/C51H39N3/c1-5-15-36-23-28-41-20-13-21-47(50(41)34(36)3)45(6-2)43-30-42(37-24-26-38(27-25-37)46-22-14-29-52-35(46)4)31-44(32-43)51-53-48(39-16-9-7-10-17-39)33-49(54-51)40-18-11-8-12-19-40/h5-33H,1,3H2,2,4H3/b36-15-,45-6-. The molecule has 0 saturated heterocycles. The van der Waals surface area contributed by atoms with Crippen LogP contribution in [-0.2, 0) is 0 Å². The van der Waals surface area contributed by atoms with Crippen LogP contribution in [0.1, 0.15) is 23.7 Å². The fourth-order valence-corrected chi connectivity index (χ4v) is 7.26. The van der Waals surface area contributed by atoms with E-state index in [0.717, 1.165) is 93.9 Å². The summed E-state index contributed by atoms with van der Waals surface area (Å²) in [6.45, 7) is 12.7. The molecule has 2 aromatic heterocycles. The Kier molecular flexibility index (Phi) is 9.45. The highest BCUT2D eigenvalue weighted by Gasteiger charge is 2.17. The van der Waals surface area contributed by atoms with Gasteiger partial charge in [-0.25, -0.2) is 9.97 Å². The van der Waals surface area contributed by atoms with Crippen LogP contribution in [0, 0.1) is 6.92 Å². The van der Waals surface area contributed by atoms with Crippen molar-refractivity contribution in [1.29, 1.82) is 0 Å². The summed E-state index contributed by atoms with van der Waals surface area (Å²) in [4.78, 5) is 15.0. The minimum atomic E-state index is 0.662. The molecule has 0 radical (unpaired) electrons. The van der Waals surface area contributed by atoms with Crippen molar-refractivity contribution in [2.75, 3.05) is 0 Å².